The number of nitrogens with zero attached hydrogens (tertiary/aromatic N) is 2. The van der Waals surface area contributed by atoms with Gasteiger partial charge in [-0.2, -0.15) is 0 Å². The lowest BCUT2D eigenvalue weighted by atomic mass is 9.96. The number of fused-ring (bicyclic) bond motifs is 1. The molecule has 0 atom stereocenters. The van der Waals surface area contributed by atoms with Crippen molar-refractivity contribution in [3.05, 3.63) is 53.9 Å². The molecule has 1 aliphatic carbocycles. The summed E-state index contributed by atoms with van der Waals surface area (Å²) in [5.41, 5.74) is 2.59. The quantitative estimate of drug-likeness (QED) is 0.483. The van der Waals surface area contributed by atoms with Crippen molar-refractivity contribution in [3.63, 3.8) is 0 Å². The summed E-state index contributed by atoms with van der Waals surface area (Å²) >= 11 is 0. The van der Waals surface area contributed by atoms with E-state index in [0.29, 0.717) is 41.7 Å². The molecular weight excluding hydrogens is 438 g/mol. The number of hydrogen-bond acceptors (Lipinski definition) is 8. The highest BCUT2D eigenvalue weighted by molar-refractivity contribution is 5.92. The molecule has 1 fully saturated rings. The zero-order valence-electron chi connectivity index (χ0n) is 18.7. The Morgan fingerprint density at radius 1 is 1.12 bits per heavy atom. The predicted octanol–water partition coefficient (Wildman–Crippen LogP) is 4.17. The van der Waals surface area contributed by atoms with Gasteiger partial charge in [-0.05, 0) is 49.4 Å². The monoisotopic (exact) mass is 463 g/mol. The summed E-state index contributed by atoms with van der Waals surface area (Å²) in [6, 6.07) is 10.6. The van der Waals surface area contributed by atoms with Crippen LogP contribution in [0.15, 0.2) is 42.7 Å². The van der Waals surface area contributed by atoms with Crippen LogP contribution in [-0.2, 0) is 6.42 Å². The molecule has 0 saturated heterocycles. The molecule has 9 heteroatoms. The fourth-order valence-electron chi connectivity index (χ4n) is 3.91. The van der Waals surface area contributed by atoms with Crippen LogP contribution in [0.1, 0.15) is 35.2 Å². The minimum absolute atomic E-state index is 0.0733. The molecular formula is C25H25N3O6. The maximum atomic E-state index is 11.6. The Balaban J connectivity index is 1.29. The summed E-state index contributed by atoms with van der Waals surface area (Å²) in [7, 11) is 1.63. The highest BCUT2D eigenvalue weighted by Crippen LogP contribution is 2.38. The van der Waals surface area contributed by atoms with Crippen molar-refractivity contribution in [2.45, 2.75) is 31.8 Å². The normalized spacial score (nSPS) is 14.4. The average molecular weight is 463 g/mol. The molecule has 0 radical (unpaired) electrons. The molecule has 0 spiro atoms. The summed E-state index contributed by atoms with van der Waals surface area (Å²) in [6.45, 7) is 0.825. The van der Waals surface area contributed by atoms with Crippen LogP contribution < -0.4 is 24.3 Å². The van der Waals surface area contributed by atoms with Crippen molar-refractivity contribution < 1.29 is 28.8 Å². The molecule has 2 N–H and O–H groups in total. The average Bonchev–Trinajstić information content (AvgIpc) is 3.28. The van der Waals surface area contributed by atoms with Gasteiger partial charge in [0.1, 0.15) is 29.2 Å². The van der Waals surface area contributed by atoms with Gasteiger partial charge in [0.05, 0.1) is 18.9 Å². The Bertz CT molecular complexity index is 1210. The van der Waals surface area contributed by atoms with Crippen LogP contribution >= 0.6 is 0 Å². The van der Waals surface area contributed by atoms with Crippen LogP contribution in [0.4, 0.5) is 5.82 Å². The van der Waals surface area contributed by atoms with Crippen molar-refractivity contribution in [1.29, 1.82) is 0 Å². The number of carbonyl (C=O) groups is 1. The van der Waals surface area contributed by atoms with Gasteiger partial charge in [-0.1, -0.05) is 6.07 Å². The number of carboxylic acids is 1. The first kappa shape index (κ1) is 21.8. The topological polar surface area (TPSA) is 112 Å². The number of rotatable bonds is 9. The highest BCUT2D eigenvalue weighted by atomic mass is 16.7. The van der Waals surface area contributed by atoms with E-state index in [-0.39, 0.29) is 18.5 Å². The molecule has 176 valence electrons. The van der Waals surface area contributed by atoms with E-state index < -0.39 is 5.97 Å². The van der Waals surface area contributed by atoms with Gasteiger partial charge in [0.2, 0.25) is 6.79 Å². The fraction of sp³-hybridized carbons (Fsp3) is 0.320. The van der Waals surface area contributed by atoms with E-state index in [2.05, 4.69) is 15.3 Å². The number of carboxylic acid groups (broad SMARTS) is 1. The number of aromatic carboxylic acids is 1. The molecule has 1 aliphatic heterocycles. The molecule has 2 aromatic carbocycles. The smallest absolute Gasteiger partial charge is 0.339 e. The third-order valence-electron chi connectivity index (χ3n) is 6.00. The van der Waals surface area contributed by atoms with Crippen molar-refractivity contribution in [3.8, 4) is 34.3 Å². The van der Waals surface area contributed by atoms with Gasteiger partial charge in [0, 0.05) is 24.2 Å². The predicted molar refractivity (Wildman–Crippen MR) is 124 cm³/mol. The summed E-state index contributed by atoms with van der Waals surface area (Å²) in [5.74, 6) is 2.16. The van der Waals surface area contributed by atoms with Crippen LogP contribution in [0.3, 0.4) is 0 Å². The van der Waals surface area contributed by atoms with Crippen LogP contribution in [0, 0.1) is 0 Å². The third-order valence-corrected chi connectivity index (χ3v) is 6.00. The van der Waals surface area contributed by atoms with Crippen molar-refractivity contribution in [2.24, 2.45) is 0 Å². The Hall–Kier alpha value is -4.01. The first-order chi connectivity index (χ1) is 16.6. The molecule has 1 saturated carbocycles. The molecule has 3 aromatic rings. The van der Waals surface area contributed by atoms with Crippen LogP contribution in [0.25, 0.3) is 11.3 Å². The van der Waals surface area contributed by atoms with Crippen molar-refractivity contribution >= 4 is 11.8 Å². The van der Waals surface area contributed by atoms with Gasteiger partial charge in [-0.15, -0.1) is 0 Å². The second kappa shape index (κ2) is 9.46. The summed E-state index contributed by atoms with van der Waals surface area (Å²) in [4.78, 5) is 20.3. The molecule has 2 aliphatic rings. The lowest BCUT2D eigenvalue weighted by Crippen LogP contribution is -2.25. The zero-order valence-corrected chi connectivity index (χ0v) is 18.7. The van der Waals surface area contributed by atoms with Crippen molar-refractivity contribution in [2.75, 3.05) is 25.8 Å². The summed E-state index contributed by atoms with van der Waals surface area (Å²) < 4.78 is 22.3. The number of anilines is 1. The lowest BCUT2D eigenvalue weighted by molar-refractivity contribution is 0.0680. The lowest BCUT2D eigenvalue weighted by Gasteiger charge is -2.27. The number of hydrogen-bond donors (Lipinski definition) is 2. The Kier molecular flexibility index (Phi) is 6.07. The number of benzene rings is 2. The first-order valence-corrected chi connectivity index (χ1v) is 11.2. The largest absolute Gasteiger partial charge is 0.496 e. The molecule has 1 aromatic heterocycles. The SMILES string of the molecule is COc1cc2c(cc1CCNc1cc(-c3ccc(C(=O)O)c(OC4CCC4)c3)ncn1)OCO2. The minimum Gasteiger partial charge on any atom is -0.496 e. The second-order valence-electron chi connectivity index (χ2n) is 8.17. The zero-order chi connectivity index (χ0) is 23.5. The Morgan fingerprint density at radius 3 is 2.68 bits per heavy atom. The number of ether oxygens (including phenoxy) is 4. The Labute approximate surface area is 196 Å². The summed E-state index contributed by atoms with van der Waals surface area (Å²) in [5, 5.41) is 12.8. The highest BCUT2D eigenvalue weighted by Gasteiger charge is 2.23. The van der Waals surface area contributed by atoms with E-state index >= 15 is 0 Å². The molecule has 9 nitrogen and oxygen atoms in total. The van der Waals surface area contributed by atoms with E-state index in [0.717, 1.165) is 36.1 Å². The van der Waals surface area contributed by atoms with E-state index in [9.17, 15) is 9.90 Å². The van der Waals surface area contributed by atoms with Gasteiger partial charge < -0.3 is 29.4 Å². The molecule has 0 bridgehead atoms. The molecule has 2 heterocycles. The maximum absolute atomic E-state index is 11.6. The first-order valence-electron chi connectivity index (χ1n) is 11.2. The van der Waals surface area contributed by atoms with Crippen LogP contribution in [0.5, 0.6) is 23.0 Å². The van der Waals surface area contributed by atoms with Crippen molar-refractivity contribution in [1.82, 2.24) is 9.97 Å². The molecule has 34 heavy (non-hydrogen) atoms. The number of aromatic nitrogens is 2. The van der Waals surface area contributed by atoms with Crippen LogP contribution in [-0.4, -0.2) is 47.6 Å². The maximum Gasteiger partial charge on any atom is 0.339 e. The third kappa shape index (κ3) is 4.54. The molecule has 0 unspecified atom stereocenters. The van der Waals surface area contributed by atoms with E-state index in [1.54, 1.807) is 25.3 Å². The van der Waals surface area contributed by atoms with Gasteiger partial charge in [0.25, 0.3) is 0 Å². The van der Waals surface area contributed by atoms with Gasteiger partial charge in [-0.3, -0.25) is 0 Å². The number of methoxy groups -OCH3 is 1. The summed E-state index contributed by atoms with van der Waals surface area (Å²) in [6.07, 6.45) is 5.23. The molecule has 5 rings (SSSR count). The fourth-order valence-corrected chi connectivity index (χ4v) is 3.91. The van der Waals surface area contributed by atoms with Gasteiger partial charge in [0.15, 0.2) is 11.5 Å². The molecule has 0 amide bonds. The van der Waals surface area contributed by atoms with E-state index in [4.69, 9.17) is 18.9 Å². The Morgan fingerprint density at radius 2 is 1.94 bits per heavy atom. The standard InChI is InChI=1S/C25H25N3O6/c1-31-20-12-23-22(32-14-33-23)10-16(20)7-8-26-24-11-19(27-13-28-24)15-5-6-18(25(29)30)21(9-15)34-17-3-2-4-17/h5-6,9-13,17H,2-4,7-8,14H2,1H3,(H,29,30)(H,26,27,28). The van der Waals surface area contributed by atoms with Crippen LogP contribution in [0.2, 0.25) is 0 Å². The number of nitrogens with one attached hydrogen (secondary N) is 1. The van der Waals surface area contributed by atoms with Gasteiger partial charge >= 0.3 is 5.97 Å². The van der Waals surface area contributed by atoms with Gasteiger partial charge in [-0.25, -0.2) is 14.8 Å². The second-order valence-corrected chi connectivity index (χ2v) is 8.17. The van der Waals surface area contributed by atoms with E-state index in [1.807, 2.05) is 18.2 Å². The van der Waals surface area contributed by atoms with E-state index in [1.165, 1.54) is 6.33 Å². The minimum atomic E-state index is -1.01.